The van der Waals surface area contributed by atoms with Crippen LogP contribution >= 0.6 is 22.7 Å². The minimum Gasteiger partial charge on any atom is -0.475 e. The molecule has 2 aromatic rings. The molecule has 2 aromatic heterocycles. The Balaban J connectivity index is 0.000000277. The summed E-state index contributed by atoms with van der Waals surface area (Å²) < 4.78 is 37.3. The van der Waals surface area contributed by atoms with E-state index in [1.54, 1.807) is 22.7 Å². The van der Waals surface area contributed by atoms with Gasteiger partial charge in [-0.2, -0.15) is 13.2 Å². The van der Waals surface area contributed by atoms with E-state index in [0.29, 0.717) is 0 Å². The number of rotatable bonds is 3. The molecule has 25 heavy (non-hydrogen) atoms. The average molecular weight is 395 g/mol. The fraction of sp³-hybridized carbons (Fsp3) is 0.500. The zero-order valence-electron chi connectivity index (χ0n) is 13.2. The van der Waals surface area contributed by atoms with Gasteiger partial charge in [0.1, 0.15) is 5.01 Å². The van der Waals surface area contributed by atoms with E-state index in [9.17, 15) is 13.2 Å². The highest BCUT2D eigenvalue weighted by Gasteiger charge is 2.38. The van der Waals surface area contributed by atoms with E-state index in [-0.39, 0.29) is 6.04 Å². The quantitative estimate of drug-likeness (QED) is 0.861. The number of morpholine rings is 1. The maximum absolute atomic E-state index is 10.6. The molecule has 3 rings (SSSR count). The number of carboxylic acid groups (broad SMARTS) is 1. The Morgan fingerprint density at radius 3 is 2.72 bits per heavy atom. The van der Waals surface area contributed by atoms with Crippen LogP contribution < -0.4 is 0 Å². The van der Waals surface area contributed by atoms with E-state index >= 15 is 0 Å². The molecule has 0 spiro atoms. The zero-order chi connectivity index (χ0) is 18.4. The summed E-state index contributed by atoms with van der Waals surface area (Å²) in [5, 5.41) is 13.6. The number of thiazole rings is 2. The van der Waals surface area contributed by atoms with Gasteiger partial charge in [0.2, 0.25) is 0 Å². The van der Waals surface area contributed by atoms with Crippen molar-refractivity contribution in [3.63, 3.8) is 0 Å². The van der Waals surface area contributed by atoms with Crippen LogP contribution in [0.5, 0.6) is 0 Å². The molecule has 1 aliphatic heterocycles. The van der Waals surface area contributed by atoms with Gasteiger partial charge in [0.25, 0.3) is 0 Å². The van der Waals surface area contributed by atoms with E-state index in [1.807, 2.05) is 18.5 Å². The molecule has 138 valence electrons. The molecular formula is C14H16F3N3O3S2. The smallest absolute Gasteiger partial charge is 0.475 e. The number of aliphatic carboxylic acids is 1. The Labute approximate surface area is 149 Å². The SMILES string of the molecule is Cc1nc(C2COCCN2Cc2nccs2)cs1.O=C(O)C(F)(F)F. The third kappa shape index (κ3) is 6.03. The van der Waals surface area contributed by atoms with Crippen molar-refractivity contribution in [1.82, 2.24) is 14.9 Å². The van der Waals surface area contributed by atoms with Crippen molar-refractivity contribution >= 4 is 28.6 Å². The van der Waals surface area contributed by atoms with Gasteiger partial charge in [0, 0.05) is 23.5 Å². The molecule has 3 heterocycles. The minimum atomic E-state index is -5.08. The van der Waals surface area contributed by atoms with E-state index in [1.165, 1.54) is 0 Å². The zero-order valence-corrected chi connectivity index (χ0v) is 14.8. The summed E-state index contributed by atoms with van der Waals surface area (Å²) in [4.78, 5) is 20.3. The summed E-state index contributed by atoms with van der Waals surface area (Å²) in [7, 11) is 0. The molecule has 0 saturated carbocycles. The van der Waals surface area contributed by atoms with Crippen molar-refractivity contribution < 1.29 is 27.8 Å². The maximum atomic E-state index is 10.6. The third-order valence-electron chi connectivity index (χ3n) is 3.28. The molecule has 1 saturated heterocycles. The minimum absolute atomic E-state index is 0.271. The largest absolute Gasteiger partial charge is 0.490 e. The molecular weight excluding hydrogens is 379 g/mol. The monoisotopic (exact) mass is 395 g/mol. The lowest BCUT2D eigenvalue weighted by Gasteiger charge is -2.33. The van der Waals surface area contributed by atoms with E-state index < -0.39 is 12.1 Å². The maximum Gasteiger partial charge on any atom is 0.490 e. The molecule has 1 atom stereocenters. The van der Waals surface area contributed by atoms with Crippen LogP contribution in [-0.2, 0) is 16.1 Å². The van der Waals surface area contributed by atoms with Gasteiger partial charge in [-0.05, 0) is 6.92 Å². The molecule has 0 aliphatic carbocycles. The summed E-state index contributed by atoms with van der Waals surface area (Å²) in [6.45, 7) is 5.41. The molecule has 0 aromatic carbocycles. The van der Waals surface area contributed by atoms with E-state index in [0.717, 1.165) is 42.0 Å². The second-order valence-electron chi connectivity index (χ2n) is 5.08. The number of aryl methyl sites for hydroxylation is 1. The van der Waals surface area contributed by atoms with Crippen molar-refractivity contribution in [3.8, 4) is 0 Å². The highest BCUT2D eigenvalue weighted by molar-refractivity contribution is 7.09. The number of nitrogens with zero attached hydrogens (tertiary/aromatic N) is 3. The van der Waals surface area contributed by atoms with Crippen LogP contribution in [0.4, 0.5) is 13.2 Å². The van der Waals surface area contributed by atoms with Crippen LogP contribution in [0.15, 0.2) is 17.0 Å². The van der Waals surface area contributed by atoms with Crippen LogP contribution in [0.3, 0.4) is 0 Å². The average Bonchev–Trinajstić information content (AvgIpc) is 3.19. The van der Waals surface area contributed by atoms with Crippen molar-refractivity contribution in [3.05, 3.63) is 32.7 Å². The Kier molecular flexibility index (Phi) is 6.87. The normalized spacial score (nSPS) is 18.5. The lowest BCUT2D eigenvalue weighted by atomic mass is 10.2. The first-order valence-corrected chi connectivity index (χ1v) is 8.95. The molecule has 1 fully saturated rings. The summed E-state index contributed by atoms with van der Waals surface area (Å²) in [6, 6.07) is 0.271. The van der Waals surface area contributed by atoms with Crippen molar-refractivity contribution in [2.75, 3.05) is 19.8 Å². The number of carboxylic acids is 1. The Hall–Kier alpha value is -1.56. The second kappa shape index (κ2) is 8.70. The lowest BCUT2D eigenvalue weighted by Crippen LogP contribution is -2.39. The number of ether oxygens (including phenoxy) is 1. The first-order valence-electron chi connectivity index (χ1n) is 7.19. The van der Waals surface area contributed by atoms with Gasteiger partial charge in [0.15, 0.2) is 0 Å². The third-order valence-corrected chi connectivity index (χ3v) is 4.84. The molecule has 0 bridgehead atoms. The molecule has 1 N–H and O–H groups in total. The van der Waals surface area contributed by atoms with Crippen LogP contribution in [0.1, 0.15) is 21.8 Å². The Bertz CT molecular complexity index is 676. The fourth-order valence-corrected chi connectivity index (χ4v) is 3.44. The van der Waals surface area contributed by atoms with Gasteiger partial charge in [-0.25, -0.2) is 14.8 Å². The predicted molar refractivity (Wildman–Crippen MR) is 86.6 cm³/mol. The highest BCUT2D eigenvalue weighted by Crippen LogP contribution is 2.27. The van der Waals surface area contributed by atoms with Gasteiger partial charge in [-0.1, -0.05) is 0 Å². The van der Waals surface area contributed by atoms with Crippen LogP contribution in [0.25, 0.3) is 0 Å². The summed E-state index contributed by atoms with van der Waals surface area (Å²) in [5.41, 5.74) is 1.13. The Morgan fingerprint density at radius 1 is 1.48 bits per heavy atom. The fourth-order valence-electron chi connectivity index (χ4n) is 2.14. The lowest BCUT2D eigenvalue weighted by molar-refractivity contribution is -0.192. The van der Waals surface area contributed by atoms with Crippen LogP contribution in [-0.4, -0.2) is 51.9 Å². The summed E-state index contributed by atoms with van der Waals surface area (Å²) >= 11 is 3.41. The number of aromatic nitrogens is 2. The second-order valence-corrected chi connectivity index (χ2v) is 7.12. The molecule has 11 heteroatoms. The van der Waals surface area contributed by atoms with E-state index in [2.05, 4.69) is 20.2 Å². The molecule has 0 amide bonds. The van der Waals surface area contributed by atoms with Gasteiger partial charge < -0.3 is 9.84 Å². The number of carbonyl (C=O) groups is 1. The number of hydrogen-bond donors (Lipinski definition) is 1. The molecule has 1 unspecified atom stereocenters. The van der Waals surface area contributed by atoms with Crippen molar-refractivity contribution in [2.45, 2.75) is 25.7 Å². The van der Waals surface area contributed by atoms with Crippen molar-refractivity contribution in [2.24, 2.45) is 0 Å². The highest BCUT2D eigenvalue weighted by atomic mass is 32.1. The predicted octanol–water partition coefficient (Wildman–Crippen LogP) is 3.11. The summed E-state index contributed by atoms with van der Waals surface area (Å²) in [6.07, 6.45) is -3.22. The number of halogens is 3. The van der Waals surface area contributed by atoms with Gasteiger partial charge in [-0.3, -0.25) is 4.90 Å². The Morgan fingerprint density at radius 2 is 2.20 bits per heavy atom. The summed E-state index contributed by atoms with van der Waals surface area (Å²) in [5.74, 6) is -2.76. The van der Waals surface area contributed by atoms with E-state index in [4.69, 9.17) is 14.6 Å². The topological polar surface area (TPSA) is 75.5 Å². The first kappa shape index (κ1) is 19.8. The molecule has 0 radical (unpaired) electrons. The number of alkyl halides is 3. The van der Waals surface area contributed by atoms with Gasteiger partial charge in [0.05, 0.1) is 36.5 Å². The van der Waals surface area contributed by atoms with Gasteiger partial charge >= 0.3 is 12.1 Å². The van der Waals surface area contributed by atoms with Gasteiger partial charge in [-0.15, -0.1) is 22.7 Å². The van der Waals surface area contributed by atoms with Crippen molar-refractivity contribution in [1.29, 1.82) is 0 Å². The molecule has 1 aliphatic rings. The number of hydrogen-bond acceptors (Lipinski definition) is 7. The first-order chi connectivity index (χ1) is 11.8. The van der Waals surface area contributed by atoms with Crippen LogP contribution in [0.2, 0.25) is 0 Å². The standard InChI is InChI=1S/C12H15N3OS2.C2HF3O2/c1-9-14-10(8-18-9)11-7-16-4-3-15(11)6-12-13-2-5-17-12;3-2(4,5)1(6)7/h2,5,8,11H,3-4,6-7H2,1H3;(H,6,7). The van der Waals surface area contributed by atoms with Crippen LogP contribution in [0, 0.1) is 6.92 Å². The molecule has 6 nitrogen and oxygen atoms in total.